The van der Waals surface area contributed by atoms with Crippen LogP contribution in [0.5, 0.6) is 5.75 Å². The van der Waals surface area contributed by atoms with E-state index >= 15 is 0 Å². The number of carbonyl (C=O) groups is 1. The Bertz CT molecular complexity index is 879. The van der Waals surface area contributed by atoms with E-state index < -0.39 is 15.8 Å². The Morgan fingerprint density at radius 1 is 1.38 bits per heavy atom. The summed E-state index contributed by atoms with van der Waals surface area (Å²) in [5.41, 5.74) is 0. The Kier molecular flexibility index (Phi) is 5.54. The molecule has 1 amide bonds. The topological polar surface area (TPSA) is 88.6 Å². The van der Waals surface area contributed by atoms with E-state index in [0.29, 0.717) is 18.0 Å². The SMILES string of the molecule is COc1ccc(F)cc1S(=O)(=O)N1CCC(C(=O)Nc2nccs2)CC1. The number of aromatic nitrogens is 1. The molecular weight excluding hydrogens is 381 g/mol. The molecule has 0 bridgehead atoms. The standard InChI is InChI=1S/C16H18FN3O4S2/c1-24-13-3-2-12(17)10-14(13)26(22,23)20-7-4-11(5-8-20)15(21)19-16-18-6-9-25-16/h2-3,6,9-11H,4-5,7-8H2,1H3,(H,18,19,21). The van der Waals surface area contributed by atoms with E-state index in [4.69, 9.17) is 4.74 Å². The molecule has 1 aromatic carbocycles. The van der Waals surface area contributed by atoms with Gasteiger partial charge in [0, 0.05) is 30.6 Å². The van der Waals surface area contributed by atoms with Crippen molar-refractivity contribution in [1.29, 1.82) is 0 Å². The number of nitrogens with one attached hydrogen (secondary N) is 1. The van der Waals surface area contributed by atoms with Gasteiger partial charge in [-0.25, -0.2) is 17.8 Å². The molecule has 1 aromatic heterocycles. The van der Waals surface area contributed by atoms with Gasteiger partial charge in [-0.15, -0.1) is 11.3 Å². The molecular formula is C16H18FN3O4S2. The fraction of sp³-hybridized carbons (Fsp3) is 0.375. The largest absolute Gasteiger partial charge is 0.495 e. The van der Waals surface area contributed by atoms with Crippen molar-refractivity contribution in [1.82, 2.24) is 9.29 Å². The van der Waals surface area contributed by atoms with Crippen LogP contribution in [-0.4, -0.2) is 43.8 Å². The number of benzene rings is 1. The molecule has 1 aliphatic heterocycles. The number of rotatable bonds is 5. The zero-order valence-electron chi connectivity index (χ0n) is 14.0. The normalized spacial score (nSPS) is 16.4. The molecule has 2 aromatic rings. The third-order valence-electron chi connectivity index (χ3n) is 4.23. The molecule has 1 aliphatic rings. The highest BCUT2D eigenvalue weighted by molar-refractivity contribution is 7.89. The summed E-state index contributed by atoms with van der Waals surface area (Å²) >= 11 is 1.32. The van der Waals surface area contributed by atoms with Crippen LogP contribution in [0.3, 0.4) is 0 Å². The van der Waals surface area contributed by atoms with Gasteiger partial charge >= 0.3 is 0 Å². The maximum Gasteiger partial charge on any atom is 0.246 e. The van der Waals surface area contributed by atoms with E-state index in [-0.39, 0.29) is 35.6 Å². The summed E-state index contributed by atoms with van der Waals surface area (Å²) in [7, 11) is -2.57. The van der Waals surface area contributed by atoms with Crippen molar-refractivity contribution in [3.63, 3.8) is 0 Å². The maximum absolute atomic E-state index is 13.5. The molecule has 7 nitrogen and oxygen atoms in total. The number of thiazole rings is 1. The second-order valence-electron chi connectivity index (χ2n) is 5.80. The zero-order valence-corrected chi connectivity index (χ0v) is 15.6. The maximum atomic E-state index is 13.5. The summed E-state index contributed by atoms with van der Waals surface area (Å²) < 4.78 is 45.5. The quantitative estimate of drug-likeness (QED) is 0.834. The fourth-order valence-electron chi connectivity index (χ4n) is 2.84. The third-order valence-corrected chi connectivity index (χ3v) is 6.84. The lowest BCUT2D eigenvalue weighted by Crippen LogP contribution is -2.41. The minimum Gasteiger partial charge on any atom is -0.495 e. The van der Waals surface area contributed by atoms with Crippen LogP contribution in [0.4, 0.5) is 9.52 Å². The number of halogens is 1. The smallest absolute Gasteiger partial charge is 0.246 e. The van der Waals surface area contributed by atoms with E-state index in [2.05, 4.69) is 10.3 Å². The zero-order chi connectivity index (χ0) is 18.7. The molecule has 0 aliphatic carbocycles. The van der Waals surface area contributed by atoms with E-state index in [1.165, 1.54) is 28.8 Å². The lowest BCUT2D eigenvalue weighted by atomic mass is 9.97. The van der Waals surface area contributed by atoms with Gasteiger partial charge in [-0.3, -0.25) is 4.79 Å². The fourth-order valence-corrected chi connectivity index (χ4v) is 5.01. The molecule has 1 saturated heterocycles. The molecule has 0 unspecified atom stereocenters. The summed E-state index contributed by atoms with van der Waals surface area (Å²) in [6.07, 6.45) is 2.37. The summed E-state index contributed by atoms with van der Waals surface area (Å²) in [4.78, 5) is 16.1. The van der Waals surface area contributed by atoms with E-state index in [1.807, 2.05) is 0 Å². The average Bonchev–Trinajstić information content (AvgIpc) is 3.14. The number of methoxy groups -OCH3 is 1. The highest BCUT2D eigenvalue weighted by Crippen LogP contribution is 2.30. The minimum atomic E-state index is -3.90. The Morgan fingerprint density at radius 3 is 2.73 bits per heavy atom. The highest BCUT2D eigenvalue weighted by atomic mass is 32.2. The summed E-state index contributed by atoms with van der Waals surface area (Å²) in [6, 6.07) is 3.39. The van der Waals surface area contributed by atoms with E-state index in [0.717, 1.165) is 12.1 Å². The first kappa shape index (κ1) is 18.7. The van der Waals surface area contributed by atoms with Crippen LogP contribution in [0, 0.1) is 11.7 Å². The van der Waals surface area contributed by atoms with Gasteiger partial charge < -0.3 is 10.1 Å². The molecule has 0 spiro atoms. The van der Waals surface area contributed by atoms with Crippen LogP contribution >= 0.6 is 11.3 Å². The lowest BCUT2D eigenvalue weighted by molar-refractivity contribution is -0.120. The van der Waals surface area contributed by atoms with Crippen LogP contribution in [0.1, 0.15) is 12.8 Å². The van der Waals surface area contributed by atoms with Crippen LogP contribution in [0.2, 0.25) is 0 Å². The molecule has 10 heteroatoms. The number of carbonyl (C=O) groups excluding carboxylic acids is 1. The molecule has 3 rings (SSSR count). The molecule has 0 radical (unpaired) electrons. The summed E-state index contributed by atoms with van der Waals surface area (Å²) in [6.45, 7) is 0.357. The molecule has 0 atom stereocenters. The third kappa shape index (κ3) is 3.87. The molecule has 0 saturated carbocycles. The number of piperidine rings is 1. The van der Waals surface area contributed by atoms with Crippen LogP contribution in [0.15, 0.2) is 34.7 Å². The first-order chi connectivity index (χ1) is 12.4. The van der Waals surface area contributed by atoms with Gasteiger partial charge in [0.15, 0.2) is 5.13 Å². The highest BCUT2D eigenvalue weighted by Gasteiger charge is 2.34. The number of anilines is 1. The number of nitrogens with zero attached hydrogens (tertiary/aromatic N) is 2. The van der Waals surface area contributed by atoms with Crippen molar-refractivity contribution in [3.8, 4) is 5.75 Å². The van der Waals surface area contributed by atoms with E-state index in [1.54, 1.807) is 11.6 Å². The van der Waals surface area contributed by atoms with Crippen molar-refractivity contribution >= 4 is 32.4 Å². The number of hydrogen-bond donors (Lipinski definition) is 1. The molecule has 2 heterocycles. The van der Waals surface area contributed by atoms with Crippen molar-refractivity contribution in [2.45, 2.75) is 17.7 Å². The molecule has 140 valence electrons. The van der Waals surface area contributed by atoms with Gasteiger partial charge in [-0.05, 0) is 31.0 Å². The Labute approximate surface area is 154 Å². The van der Waals surface area contributed by atoms with Crippen LogP contribution in [0.25, 0.3) is 0 Å². The van der Waals surface area contributed by atoms with Crippen molar-refractivity contribution in [2.24, 2.45) is 5.92 Å². The van der Waals surface area contributed by atoms with Gasteiger partial charge in [0.1, 0.15) is 16.5 Å². The number of amides is 1. The van der Waals surface area contributed by atoms with Gasteiger partial charge in [-0.2, -0.15) is 4.31 Å². The van der Waals surface area contributed by atoms with Crippen molar-refractivity contribution < 1.29 is 22.3 Å². The number of sulfonamides is 1. The van der Waals surface area contributed by atoms with Gasteiger partial charge in [-0.1, -0.05) is 0 Å². The average molecular weight is 399 g/mol. The molecule has 1 fully saturated rings. The van der Waals surface area contributed by atoms with Gasteiger partial charge in [0.05, 0.1) is 7.11 Å². The molecule has 1 N–H and O–H groups in total. The van der Waals surface area contributed by atoms with Crippen LogP contribution in [-0.2, 0) is 14.8 Å². The summed E-state index contributed by atoms with van der Waals surface area (Å²) in [5, 5.41) is 5.02. The van der Waals surface area contributed by atoms with Gasteiger partial charge in [0.25, 0.3) is 0 Å². The first-order valence-electron chi connectivity index (χ1n) is 7.96. The lowest BCUT2D eigenvalue weighted by Gasteiger charge is -2.30. The van der Waals surface area contributed by atoms with Gasteiger partial charge in [0.2, 0.25) is 15.9 Å². The summed E-state index contributed by atoms with van der Waals surface area (Å²) in [5.74, 6) is -1.02. The Balaban J connectivity index is 1.69. The first-order valence-corrected chi connectivity index (χ1v) is 10.3. The monoisotopic (exact) mass is 399 g/mol. The van der Waals surface area contributed by atoms with E-state index in [9.17, 15) is 17.6 Å². The minimum absolute atomic E-state index is 0.0926. The second kappa shape index (κ2) is 7.68. The Hall–Kier alpha value is -2.04. The second-order valence-corrected chi connectivity index (χ2v) is 8.60. The predicted octanol–water partition coefficient (Wildman–Crippen LogP) is 2.33. The predicted molar refractivity (Wildman–Crippen MR) is 95.2 cm³/mol. The number of ether oxygens (including phenoxy) is 1. The van der Waals surface area contributed by atoms with Crippen molar-refractivity contribution in [2.75, 3.05) is 25.5 Å². The molecule has 26 heavy (non-hydrogen) atoms. The van der Waals surface area contributed by atoms with Crippen LogP contribution < -0.4 is 10.1 Å². The number of hydrogen-bond acceptors (Lipinski definition) is 6. The van der Waals surface area contributed by atoms with Crippen molar-refractivity contribution in [3.05, 3.63) is 35.6 Å². The Morgan fingerprint density at radius 2 is 2.12 bits per heavy atom.